The first kappa shape index (κ1) is 19.7. The van der Waals surface area contributed by atoms with Crippen molar-refractivity contribution >= 4 is 17.7 Å². The smallest absolute Gasteiger partial charge is 0.307 e. The average Bonchev–Trinajstić information content (AvgIpc) is 2.71. The van der Waals surface area contributed by atoms with Gasteiger partial charge in [-0.1, -0.05) is 24.3 Å². The summed E-state index contributed by atoms with van der Waals surface area (Å²) in [6.45, 7) is 2.63. The van der Waals surface area contributed by atoms with Gasteiger partial charge in [0.15, 0.2) is 11.9 Å². The maximum absolute atomic E-state index is 12.9. The van der Waals surface area contributed by atoms with Gasteiger partial charge in [-0.2, -0.15) is 0 Å². The molecule has 0 saturated heterocycles. The van der Waals surface area contributed by atoms with Gasteiger partial charge in [-0.05, 0) is 48.7 Å². The number of benzene rings is 2. The van der Waals surface area contributed by atoms with Crippen molar-refractivity contribution in [2.45, 2.75) is 38.8 Å². The lowest BCUT2D eigenvalue weighted by molar-refractivity contribution is -0.159. The number of hydrogen-bond donors (Lipinski definition) is 0. The Kier molecular flexibility index (Phi) is 6.19. The van der Waals surface area contributed by atoms with Crippen molar-refractivity contribution in [2.24, 2.45) is 0 Å². The number of hydrogen-bond acceptors (Lipinski definition) is 4. The summed E-state index contributed by atoms with van der Waals surface area (Å²) < 4.78 is 18.1. The first-order chi connectivity index (χ1) is 13.4. The zero-order chi connectivity index (χ0) is 20.1. The van der Waals surface area contributed by atoms with E-state index >= 15 is 0 Å². The van der Waals surface area contributed by atoms with E-state index in [0.29, 0.717) is 18.7 Å². The standard InChI is InChI=1S/C22H22FNO4/c1-15(22(27)24-13-12-16-4-2-3-5-18(16)14-24)28-21(26)11-10-20(25)17-6-8-19(23)9-7-17/h2-9,15H,10-14H2,1H3/t15-/m1/s1. The van der Waals surface area contributed by atoms with Gasteiger partial charge < -0.3 is 9.64 Å². The second-order valence-electron chi connectivity index (χ2n) is 6.84. The number of amides is 1. The molecule has 0 unspecified atom stereocenters. The van der Waals surface area contributed by atoms with Crippen molar-refractivity contribution in [3.63, 3.8) is 0 Å². The molecule has 1 heterocycles. The lowest BCUT2D eigenvalue weighted by atomic mass is 9.99. The van der Waals surface area contributed by atoms with E-state index in [1.54, 1.807) is 11.8 Å². The summed E-state index contributed by atoms with van der Waals surface area (Å²) in [5, 5.41) is 0. The minimum absolute atomic E-state index is 0.0531. The largest absolute Gasteiger partial charge is 0.453 e. The normalized spacial score (nSPS) is 14.1. The number of ether oxygens (including phenoxy) is 1. The number of rotatable bonds is 6. The summed E-state index contributed by atoms with van der Waals surface area (Å²) in [4.78, 5) is 38.3. The molecule has 28 heavy (non-hydrogen) atoms. The summed E-state index contributed by atoms with van der Waals surface area (Å²) in [5.74, 6) is -1.55. The van der Waals surface area contributed by atoms with E-state index in [9.17, 15) is 18.8 Å². The number of carbonyl (C=O) groups excluding carboxylic acids is 3. The molecule has 1 aliphatic rings. The van der Waals surface area contributed by atoms with Gasteiger partial charge in [0, 0.05) is 25.1 Å². The minimum Gasteiger partial charge on any atom is -0.453 e. The molecule has 3 rings (SSSR count). The van der Waals surface area contributed by atoms with E-state index < -0.39 is 17.9 Å². The molecule has 5 nitrogen and oxygen atoms in total. The number of halogens is 1. The third-order valence-corrected chi connectivity index (χ3v) is 4.82. The van der Waals surface area contributed by atoms with Crippen LogP contribution < -0.4 is 0 Å². The van der Waals surface area contributed by atoms with Crippen LogP contribution in [0.1, 0.15) is 41.3 Å². The predicted molar refractivity (Wildman–Crippen MR) is 101 cm³/mol. The van der Waals surface area contributed by atoms with Crippen molar-refractivity contribution in [3.05, 3.63) is 71.0 Å². The Balaban J connectivity index is 1.48. The fourth-order valence-corrected chi connectivity index (χ4v) is 3.24. The van der Waals surface area contributed by atoms with Crippen molar-refractivity contribution in [2.75, 3.05) is 6.54 Å². The molecule has 0 radical (unpaired) electrons. The highest BCUT2D eigenvalue weighted by Crippen LogP contribution is 2.19. The van der Waals surface area contributed by atoms with Gasteiger partial charge in [0.05, 0.1) is 6.42 Å². The van der Waals surface area contributed by atoms with Crippen LogP contribution >= 0.6 is 0 Å². The Bertz CT molecular complexity index is 878. The molecule has 1 amide bonds. The lowest BCUT2D eigenvalue weighted by Gasteiger charge is -2.30. The molecule has 0 bridgehead atoms. The number of Topliss-reactive ketones (excluding diaryl/α,β-unsaturated/α-hetero) is 1. The van der Waals surface area contributed by atoms with Crippen molar-refractivity contribution in [1.82, 2.24) is 4.90 Å². The van der Waals surface area contributed by atoms with Crippen LogP contribution in [0.2, 0.25) is 0 Å². The molecule has 6 heteroatoms. The molecule has 0 N–H and O–H groups in total. The molecular weight excluding hydrogens is 361 g/mol. The number of carbonyl (C=O) groups is 3. The van der Waals surface area contributed by atoms with Crippen LogP contribution in [0.4, 0.5) is 4.39 Å². The van der Waals surface area contributed by atoms with Gasteiger partial charge in [-0.3, -0.25) is 14.4 Å². The first-order valence-corrected chi connectivity index (χ1v) is 9.28. The van der Waals surface area contributed by atoms with Crippen molar-refractivity contribution < 1.29 is 23.5 Å². The molecule has 0 spiro atoms. The minimum atomic E-state index is -0.904. The van der Waals surface area contributed by atoms with Crippen LogP contribution in [0.3, 0.4) is 0 Å². The lowest BCUT2D eigenvalue weighted by Crippen LogP contribution is -2.42. The SMILES string of the molecule is C[C@@H](OC(=O)CCC(=O)c1ccc(F)cc1)C(=O)N1CCc2ccccc2C1. The molecule has 0 saturated carbocycles. The molecular formula is C22H22FNO4. The Morgan fingerprint density at radius 1 is 1.04 bits per heavy atom. The fourth-order valence-electron chi connectivity index (χ4n) is 3.24. The van der Waals surface area contributed by atoms with Gasteiger partial charge in [-0.25, -0.2) is 4.39 Å². The molecule has 146 valence electrons. The zero-order valence-corrected chi connectivity index (χ0v) is 15.7. The quantitative estimate of drug-likeness (QED) is 0.567. The highest BCUT2D eigenvalue weighted by Gasteiger charge is 2.27. The zero-order valence-electron chi connectivity index (χ0n) is 15.7. The third kappa shape index (κ3) is 4.82. The average molecular weight is 383 g/mol. The monoisotopic (exact) mass is 383 g/mol. The van der Waals surface area contributed by atoms with Crippen LogP contribution in [0.25, 0.3) is 0 Å². The molecule has 0 aliphatic carbocycles. The number of esters is 1. The topological polar surface area (TPSA) is 63.7 Å². The van der Waals surface area contributed by atoms with Gasteiger partial charge in [-0.15, -0.1) is 0 Å². The van der Waals surface area contributed by atoms with Gasteiger partial charge in [0.2, 0.25) is 0 Å². The number of nitrogens with zero attached hydrogens (tertiary/aromatic N) is 1. The maximum Gasteiger partial charge on any atom is 0.307 e. The van der Waals surface area contributed by atoms with Crippen molar-refractivity contribution in [1.29, 1.82) is 0 Å². The van der Waals surface area contributed by atoms with E-state index in [4.69, 9.17) is 4.74 Å². The Morgan fingerprint density at radius 3 is 2.43 bits per heavy atom. The predicted octanol–water partition coefficient (Wildman–Crippen LogP) is 3.31. The van der Waals surface area contributed by atoms with Crippen LogP contribution in [0.5, 0.6) is 0 Å². The molecule has 2 aromatic carbocycles. The Labute approximate surface area is 163 Å². The fraction of sp³-hybridized carbons (Fsp3) is 0.318. The van der Waals surface area contributed by atoms with E-state index in [1.165, 1.54) is 29.8 Å². The van der Waals surface area contributed by atoms with Gasteiger partial charge >= 0.3 is 5.97 Å². The number of ketones is 1. The van der Waals surface area contributed by atoms with Gasteiger partial charge in [0.25, 0.3) is 5.91 Å². The maximum atomic E-state index is 12.9. The molecule has 1 aliphatic heterocycles. The highest BCUT2D eigenvalue weighted by atomic mass is 19.1. The van der Waals surface area contributed by atoms with E-state index in [0.717, 1.165) is 12.0 Å². The van der Waals surface area contributed by atoms with Crippen LogP contribution in [-0.4, -0.2) is 35.2 Å². The second kappa shape index (κ2) is 8.78. The molecule has 2 aromatic rings. The van der Waals surface area contributed by atoms with Crippen LogP contribution in [0, 0.1) is 5.82 Å². The Morgan fingerprint density at radius 2 is 1.71 bits per heavy atom. The third-order valence-electron chi connectivity index (χ3n) is 4.82. The molecule has 0 fully saturated rings. The van der Waals surface area contributed by atoms with E-state index in [2.05, 4.69) is 6.07 Å². The van der Waals surface area contributed by atoms with Gasteiger partial charge in [0.1, 0.15) is 5.82 Å². The highest BCUT2D eigenvalue weighted by molar-refractivity contribution is 5.97. The first-order valence-electron chi connectivity index (χ1n) is 9.28. The van der Waals surface area contributed by atoms with E-state index in [-0.39, 0.29) is 24.5 Å². The molecule has 0 aromatic heterocycles. The number of fused-ring (bicyclic) bond motifs is 1. The summed E-state index contributed by atoms with van der Waals surface area (Å²) >= 11 is 0. The Hall–Kier alpha value is -3.02. The summed E-state index contributed by atoms with van der Waals surface area (Å²) in [6.07, 6.45) is -0.313. The van der Waals surface area contributed by atoms with Crippen LogP contribution in [-0.2, 0) is 27.3 Å². The summed E-state index contributed by atoms with van der Waals surface area (Å²) in [5.41, 5.74) is 2.67. The second-order valence-corrected chi connectivity index (χ2v) is 6.84. The van der Waals surface area contributed by atoms with Crippen LogP contribution in [0.15, 0.2) is 48.5 Å². The van der Waals surface area contributed by atoms with E-state index in [1.807, 2.05) is 18.2 Å². The summed E-state index contributed by atoms with van der Waals surface area (Å²) in [6, 6.07) is 13.1. The van der Waals surface area contributed by atoms with Crippen molar-refractivity contribution in [3.8, 4) is 0 Å². The molecule has 1 atom stereocenters. The summed E-state index contributed by atoms with van der Waals surface area (Å²) in [7, 11) is 0.